The number of ether oxygens (including phenoxy) is 2. The lowest BCUT2D eigenvalue weighted by Crippen LogP contribution is -2.59. The van der Waals surface area contributed by atoms with Gasteiger partial charge in [-0.1, -0.05) is 86.8 Å². The van der Waals surface area contributed by atoms with E-state index in [2.05, 4.69) is 61.5 Å². The first-order valence-corrected chi connectivity index (χ1v) is 17.0. The molecule has 0 N–H and O–H groups in total. The van der Waals surface area contributed by atoms with Gasteiger partial charge in [-0.05, 0) is 123 Å². The Morgan fingerprint density at radius 2 is 1.70 bits per heavy atom. The van der Waals surface area contributed by atoms with Crippen LogP contribution in [0.25, 0.3) is 0 Å². The van der Waals surface area contributed by atoms with Crippen molar-refractivity contribution in [2.75, 3.05) is 6.79 Å². The lowest BCUT2D eigenvalue weighted by molar-refractivity contribution is -0.176. The van der Waals surface area contributed by atoms with Crippen LogP contribution in [0.5, 0.6) is 0 Å². The molecule has 230 valence electrons. The van der Waals surface area contributed by atoms with Crippen molar-refractivity contribution in [1.82, 2.24) is 0 Å². The summed E-state index contributed by atoms with van der Waals surface area (Å²) in [6.07, 6.45) is 17.7. The third-order valence-electron chi connectivity index (χ3n) is 14.3. The predicted octanol–water partition coefficient (Wildman–Crippen LogP) is 10.5. The third-order valence-corrected chi connectivity index (χ3v) is 14.3. The Hall–Kier alpha value is -0.830. The van der Waals surface area contributed by atoms with Gasteiger partial charge in [0, 0.05) is 0 Å². The van der Waals surface area contributed by atoms with Crippen molar-refractivity contribution in [3.8, 4) is 0 Å². The maximum Gasteiger partial charge on any atom is 0.313 e. The van der Waals surface area contributed by atoms with Crippen LogP contribution in [0.15, 0.2) is 11.6 Å². The number of allylic oxidation sites excluding steroid dienone is 1. The molecule has 3 saturated carbocycles. The second-order valence-corrected chi connectivity index (χ2v) is 17.3. The summed E-state index contributed by atoms with van der Waals surface area (Å²) in [4.78, 5) is 12.4. The zero-order chi connectivity index (χ0) is 29.8. The second-order valence-electron chi connectivity index (χ2n) is 17.3. The van der Waals surface area contributed by atoms with E-state index in [9.17, 15) is 4.79 Å². The van der Waals surface area contributed by atoms with Crippen molar-refractivity contribution in [3.63, 3.8) is 0 Å². The first kappa shape index (κ1) is 32.1. The molecule has 4 aliphatic rings. The van der Waals surface area contributed by atoms with E-state index in [1.807, 2.05) is 20.8 Å². The predicted molar refractivity (Wildman–Crippen MR) is 167 cm³/mol. The second kappa shape index (κ2) is 11.0. The molecule has 0 saturated heterocycles. The van der Waals surface area contributed by atoms with E-state index in [0.29, 0.717) is 21.7 Å². The summed E-state index contributed by atoms with van der Waals surface area (Å²) < 4.78 is 11.7. The van der Waals surface area contributed by atoms with Gasteiger partial charge >= 0.3 is 5.97 Å². The largest absolute Gasteiger partial charge is 0.438 e. The van der Waals surface area contributed by atoms with Gasteiger partial charge in [0.1, 0.15) is 0 Å². The number of carbonyl (C=O) groups excluding carboxylic acids is 1. The van der Waals surface area contributed by atoms with Gasteiger partial charge in [0.2, 0.25) is 0 Å². The highest BCUT2D eigenvalue weighted by Crippen LogP contribution is 2.76. The Morgan fingerprint density at radius 3 is 2.35 bits per heavy atom. The van der Waals surface area contributed by atoms with Crippen molar-refractivity contribution < 1.29 is 14.3 Å². The average Bonchev–Trinajstić information content (AvgIpc) is 3.16. The standard InChI is InChI=1S/C37H64O3/c1-12-32(4,5)31(38)40-25-39-28-17-20-35(9)27(24-28)15-16-29-34(8)22-23-36(10,30(34)18-21-37(29,35)11)33(6,7)19-13-14-26(2)3/h15,26,28-30H,12-14,16-25H2,1-11H3/t28?,29-,30-,34-,35-,36-,37-/m0/s1. The van der Waals surface area contributed by atoms with Gasteiger partial charge in [-0.3, -0.25) is 4.79 Å². The van der Waals surface area contributed by atoms with Crippen LogP contribution in [-0.2, 0) is 14.3 Å². The Morgan fingerprint density at radius 1 is 1.00 bits per heavy atom. The molecule has 4 aliphatic carbocycles. The van der Waals surface area contributed by atoms with Gasteiger partial charge in [0.15, 0.2) is 6.79 Å². The van der Waals surface area contributed by atoms with Crippen molar-refractivity contribution in [1.29, 1.82) is 0 Å². The van der Waals surface area contributed by atoms with E-state index in [1.54, 1.807) is 5.57 Å². The van der Waals surface area contributed by atoms with Gasteiger partial charge in [-0.25, -0.2) is 0 Å². The minimum absolute atomic E-state index is 0.0854. The maximum absolute atomic E-state index is 12.4. The molecule has 3 fully saturated rings. The molecule has 1 unspecified atom stereocenters. The molecule has 0 heterocycles. The first-order valence-electron chi connectivity index (χ1n) is 17.0. The van der Waals surface area contributed by atoms with Crippen molar-refractivity contribution in [3.05, 3.63) is 11.6 Å². The molecule has 0 amide bonds. The number of fused-ring (bicyclic) bond motifs is 5. The molecular weight excluding hydrogens is 492 g/mol. The number of hydrogen-bond acceptors (Lipinski definition) is 3. The van der Waals surface area contributed by atoms with Crippen LogP contribution in [0.1, 0.15) is 153 Å². The lowest BCUT2D eigenvalue weighted by Gasteiger charge is -2.66. The molecule has 40 heavy (non-hydrogen) atoms. The fourth-order valence-electron chi connectivity index (χ4n) is 10.3. The Balaban J connectivity index is 1.47. The quantitative estimate of drug-likeness (QED) is 0.152. The highest BCUT2D eigenvalue weighted by atomic mass is 16.7. The van der Waals surface area contributed by atoms with Crippen molar-refractivity contribution in [2.24, 2.45) is 50.2 Å². The van der Waals surface area contributed by atoms with Crippen LogP contribution < -0.4 is 0 Å². The highest BCUT2D eigenvalue weighted by molar-refractivity contribution is 5.75. The molecule has 3 heteroatoms. The number of esters is 1. The molecule has 7 atom stereocenters. The normalized spacial score (nSPS) is 39.8. The van der Waals surface area contributed by atoms with Crippen molar-refractivity contribution >= 4 is 5.97 Å². The Bertz CT molecular complexity index is 960. The zero-order valence-corrected chi connectivity index (χ0v) is 28.3. The fraction of sp³-hybridized carbons (Fsp3) is 0.919. The van der Waals surface area contributed by atoms with E-state index in [-0.39, 0.29) is 24.3 Å². The van der Waals surface area contributed by atoms with E-state index >= 15 is 0 Å². The molecule has 0 aliphatic heterocycles. The summed E-state index contributed by atoms with van der Waals surface area (Å²) in [6.45, 7) is 26.6. The average molecular weight is 557 g/mol. The number of hydrogen-bond donors (Lipinski definition) is 0. The lowest BCUT2D eigenvalue weighted by atomic mass is 9.38. The van der Waals surface area contributed by atoms with E-state index < -0.39 is 5.41 Å². The van der Waals surface area contributed by atoms with E-state index in [4.69, 9.17) is 9.47 Å². The maximum atomic E-state index is 12.4. The van der Waals surface area contributed by atoms with Crippen LogP contribution in [0.2, 0.25) is 0 Å². The van der Waals surface area contributed by atoms with Crippen LogP contribution in [0.3, 0.4) is 0 Å². The first-order chi connectivity index (χ1) is 18.5. The molecule has 4 rings (SSSR count). The van der Waals surface area contributed by atoms with Crippen LogP contribution in [-0.4, -0.2) is 18.9 Å². The summed E-state index contributed by atoms with van der Waals surface area (Å²) in [5, 5.41) is 0. The van der Waals surface area contributed by atoms with Gasteiger partial charge in [-0.15, -0.1) is 0 Å². The number of rotatable bonds is 10. The van der Waals surface area contributed by atoms with Gasteiger partial charge in [0.25, 0.3) is 0 Å². The Labute approximate surface area is 248 Å². The highest BCUT2D eigenvalue weighted by Gasteiger charge is 2.68. The molecule has 0 radical (unpaired) electrons. The molecule has 0 aromatic carbocycles. The summed E-state index contributed by atoms with van der Waals surface area (Å²) in [5.41, 5.74) is 3.02. The summed E-state index contributed by atoms with van der Waals surface area (Å²) in [5.74, 6) is 2.24. The summed E-state index contributed by atoms with van der Waals surface area (Å²) in [6, 6.07) is 0. The smallest absolute Gasteiger partial charge is 0.313 e. The molecule has 0 aromatic heterocycles. The molecule has 0 aromatic rings. The minimum Gasteiger partial charge on any atom is -0.438 e. The molecule has 0 spiro atoms. The van der Waals surface area contributed by atoms with E-state index in [1.165, 1.54) is 57.8 Å². The van der Waals surface area contributed by atoms with Gasteiger partial charge in [0.05, 0.1) is 11.5 Å². The molecular formula is C37H64O3. The Kier molecular flexibility index (Phi) is 8.84. The number of carbonyl (C=O) groups is 1. The van der Waals surface area contributed by atoms with E-state index in [0.717, 1.165) is 37.0 Å². The fourth-order valence-corrected chi connectivity index (χ4v) is 10.3. The minimum atomic E-state index is -0.446. The third kappa shape index (κ3) is 5.15. The summed E-state index contributed by atoms with van der Waals surface area (Å²) >= 11 is 0. The van der Waals surface area contributed by atoms with Crippen LogP contribution >= 0.6 is 0 Å². The van der Waals surface area contributed by atoms with Crippen LogP contribution in [0, 0.1) is 50.2 Å². The van der Waals surface area contributed by atoms with Crippen LogP contribution in [0.4, 0.5) is 0 Å². The molecule has 0 bridgehead atoms. The summed E-state index contributed by atoms with van der Waals surface area (Å²) in [7, 11) is 0. The van der Waals surface area contributed by atoms with Gasteiger partial charge in [-0.2, -0.15) is 0 Å². The molecule has 3 nitrogen and oxygen atoms in total. The van der Waals surface area contributed by atoms with Gasteiger partial charge < -0.3 is 9.47 Å². The SMILES string of the molecule is CCC(C)(C)C(=O)OCOC1CC[C@@]2(C)C(=CC[C@H]3[C@]4(C)CC[C@](C)(C(C)(C)CCCC(C)C)[C@H]4CC[C@@]32C)C1. The topological polar surface area (TPSA) is 35.5 Å². The van der Waals surface area contributed by atoms with Crippen molar-refractivity contribution in [2.45, 2.75) is 159 Å². The zero-order valence-electron chi connectivity index (χ0n) is 28.3. The monoisotopic (exact) mass is 556 g/mol.